The second-order valence-electron chi connectivity index (χ2n) is 5.09. The molecule has 2 fully saturated rings. The summed E-state index contributed by atoms with van der Waals surface area (Å²) in [6, 6.07) is 0. The van der Waals surface area contributed by atoms with Crippen LogP contribution in [0.5, 0.6) is 0 Å². The van der Waals surface area contributed by atoms with E-state index in [9.17, 15) is 5.11 Å². The lowest BCUT2D eigenvalue weighted by molar-refractivity contribution is -0.392. The van der Waals surface area contributed by atoms with E-state index >= 15 is 0 Å². The zero-order valence-corrected chi connectivity index (χ0v) is 11.0. The van der Waals surface area contributed by atoms with Crippen molar-refractivity contribution in [2.75, 3.05) is 0 Å². The van der Waals surface area contributed by atoms with Gasteiger partial charge in [0.25, 0.3) is 0 Å². The lowest BCUT2D eigenvalue weighted by atomic mass is 9.71. The Hall–Kier alpha value is -0.810. The lowest BCUT2D eigenvalue weighted by Gasteiger charge is -2.55. The van der Waals surface area contributed by atoms with Crippen LogP contribution in [0, 0.1) is 0 Å². The summed E-state index contributed by atoms with van der Waals surface area (Å²) in [5.74, 6) is -1.38. The summed E-state index contributed by atoms with van der Waals surface area (Å²) in [5.41, 5.74) is 7.87. The zero-order valence-electron chi connectivity index (χ0n) is 11.0. The molecule has 0 spiro atoms. The molecule has 18 heavy (non-hydrogen) atoms. The Morgan fingerprint density at radius 1 is 1.33 bits per heavy atom. The van der Waals surface area contributed by atoms with Crippen LogP contribution < -0.4 is 0 Å². The molecular formula is C12H21N3O3. The molecule has 1 saturated carbocycles. The molecule has 0 aromatic carbocycles. The van der Waals surface area contributed by atoms with Gasteiger partial charge in [0.1, 0.15) is 5.54 Å². The van der Waals surface area contributed by atoms with Gasteiger partial charge in [0.15, 0.2) is 12.1 Å². The van der Waals surface area contributed by atoms with Crippen LogP contribution in [0.15, 0.2) is 5.11 Å². The molecule has 1 aliphatic carbocycles. The van der Waals surface area contributed by atoms with Crippen LogP contribution in [0.25, 0.3) is 10.4 Å². The minimum atomic E-state index is -1.38. The van der Waals surface area contributed by atoms with Crippen LogP contribution in [-0.2, 0) is 9.47 Å². The van der Waals surface area contributed by atoms with Crippen molar-refractivity contribution in [3.05, 3.63) is 10.4 Å². The van der Waals surface area contributed by atoms with Gasteiger partial charge in [-0.25, -0.2) is 0 Å². The maximum atomic E-state index is 10.8. The highest BCUT2D eigenvalue weighted by molar-refractivity contribution is 5.10. The van der Waals surface area contributed by atoms with Gasteiger partial charge in [-0.2, -0.15) is 0 Å². The van der Waals surface area contributed by atoms with Gasteiger partial charge < -0.3 is 14.6 Å². The Balaban J connectivity index is 2.41. The van der Waals surface area contributed by atoms with Gasteiger partial charge in [0, 0.05) is 11.3 Å². The first-order chi connectivity index (χ1) is 8.62. The topological polar surface area (TPSA) is 87.5 Å². The Labute approximate surface area is 107 Å². The van der Waals surface area contributed by atoms with Crippen LogP contribution in [0.4, 0.5) is 0 Å². The van der Waals surface area contributed by atoms with Crippen molar-refractivity contribution in [1.82, 2.24) is 0 Å². The van der Waals surface area contributed by atoms with Crippen LogP contribution in [0.3, 0.4) is 0 Å². The monoisotopic (exact) mass is 255 g/mol. The van der Waals surface area contributed by atoms with Crippen LogP contribution >= 0.6 is 0 Å². The molecule has 0 amide bonds. The number of ether oxygens (including phenoxy) is 2. The molecule has 102 valence electrons. The molecule has 4 atom stereocenters. The van der Waals surface area contributed by atoms with E-state index in [0.717, 1.165) is 12.8 Å². The minimum Gasteiger partial charge on any atom is -0.365 e. The van der Waals surface area contributed by atoms with Gasteiger partial charge >= 0.3 is 0 Å². The van der Waals surface area contributed by atoms with Gasteiger partial charge in [-0.15, -0.1) is 0 Å². The fourth-order valence-electron chi connectivity index (χ4n) is 3.17. The van der Waals surface area contributed by atoms with E-state index in [1.807, 2.05) is 13.8 Å². The molecule has 1 N–H and O–H groups in total. The highest BCUT2D eigenvalue weighted by Crippen LogP contribution is 2.49. The maximum absolute atomic E-state index is 10.8. The number of hydrogen-bond donors (Lipinski definition) is 1. The Morgan fingerprint density at radius 3 is 2.67 bits per heavy atom. The normalized spacial score (nSPS) is 43.9. The van der Waals surface area contributed by atoms with Gasteiger partial charge in [0.05, 0.1) is 6.10 Å². The molecule has 1 heterocycles. The third-order valence-electron chi connectivity index (χ3n) is 4.10. The Kier molecular flexibility index (Phi) is 3.82. The summed E-state index contributed by atoms with van der Waals surface area (Å²) < 4.78 is 11.5. The average Bonchev–Trinajstić information content (AvgIpc) is 2.37. The summed E-state index contributed by atoms with van der Waals surface area (Å²) in [6.45, 7) is 3.93. The van der Waals surface area contributed by atoms with E-state index in [1.54, 1.807) is 0 Å². The number of azide groups is 1. The summed E-state index contributed by atoms with van der Waals surface area (Å²) in [7, 11) is 0. The van der Waals surface area contributed by atoms with E-state index in [2.05, 4.69) is 10.0 Å². The molecule has 2 aliphatic rings. The second-order valence-corrected chi connectivity index (χ2v) is 5.09. The number of rotatable bonds is 3. The third kappa shape index (κ3) is 1.89. The number of nitrogens with zero attached hydrogens (tertiary/aromatic N) is 3. The zero-order chi connectivity index (χ0) is 13.2. The van der Waals surface area contributed by atoms with E-state index in [-0.39, 0.29) is 6.10 Å². The SMILES string of the molecule is CC[C@@H]1O[C@H](CC)[C@@]2(N=[N+]=[N-])CCCC[C@]2(O)O1. The molecule has 0 radical (unpaired) electrons. The number of fused-ring (bicyclic) bond motifs is 1. The van der Waals surface area contributed by atoms with E-state index in [4.69, 9.17) is 15.0 Å². The van der Waals surface area contributed by atoms with E-state index in [0.29, 0.717) is 25.7 Å². The largest absolute Gasteiger partial charge is 0.365 e. The van der Waals surface area contributed by atoms with Crippen LogP contribution in [0.2, 0.25) is 0 Å². The van der Waals surface area contributed by atoms with Crippen LogP contribution in [0.1, 0.15) is 52.4 Å². The lowest BCUT2D eigenvalue weighted by Crippen LogP contribution is -2.68. The first-order valence-corrected chi connectivity index (χ1v) is 6.73. The van der Waals surface area contributed by atoms with Gasteiger partial charge in [0.2, 0.25) is 0 Å². The van der Waals surface area contributed by atoms with Crippen molar-refractivity contribution >= 4 is 0 Å². The highest BCUT2D eigenvalue weighted by Gasteiger charge is 2.61. The Bertz CT molecular complexity index is 358. The fraction of sp³-hybridized carbons (Fsp3) is 1.00. The predicted octanol–water partition coefficient (Wildman–Crippen LogP) is 2.86. The van der Waals surface area contributed by atoms with Gasteiger partial charge in [-0.3, -0.25) is 0 Å². The summed E-state index contributed by atoms with van der Waals surface area (Å²) >= 11 is 0. The quantitative estimate of drug-likeness (QED) is 0.478. The highest BCUT2D eigenvalue weighted by atomic mass is 16.8. The summed E-state index contributed by atoms with van der Waals surface area (Å²) in [6.07, 6.45) is 3.59. The average molecular weight is 255 g/mol. The van der Waals surface area contributed by atoms with Crippen molar-refractivity contribution in [2.24, 2.45) is 5.11 Å². The maximum Gasteiger partial charge on any atom is 0.182 e. The van der Waals surface area contributed by atoms with Gasteiger partial charge in [-0.1, -0.05) is 25.4 Å². The van der Waals surface area contributed by atoms with Crippen molar-refractivity contribution < 1.29 is 14.6 Å². The molecule has 0 aromatic rings. The number of aliphatic hydroxyl groups is 1. The van der Waals surface area contributed by atoms with Crippen molar-refractivity contribution in [1.29, 1.82) is 0 Å². The molecule has 0 unspecified atom stereocenters. The second kappa shape index (κ2) is 5.05. The molecule has 1 saturated heterocycles. The van der Waals surface area contributed by atoms with E-state index < -0.39 is 17.6 Å². The van der Waals surface area contributed by atoms with Crippen molar-refractivity contribution in [3.8, 4) is 0 Å². The first-order valence-electron chi connectivity index (χ1n) is 6.73. The van der Waals surface area contributed by atoms with Crippen LogP contribution in [-0.4, -0.2) is 28.8 Å². The van der Waals surface area contributed by atoms with E-state index in [1.165, 1.54) is 0 Å². The van der Waals surface area contributed by atoms with Crippen molar-refractivity contribution in [3.63, 3.8) is 0 Å². The molecule has 0 bridgehead atoms. The van der Waals surface area contributed by atoms with Gasteiger partial charge in [-0.05, 0) is 31.2 Å². The fourth-order valence-corrected chi connectivity index (χ4v) is 3.17. The molecule has 6 heteroatoms. The smallest absolute Gasteiger partial charge is 0.182 e. The molecular weight excluding hydrogens is 234 g/mol. The summed E-state index contributed by atoms with van der Waals surface area (Å²) in [4.78, 5) is 2.93. The summed E-state index contributed by atoms with van der Waals surface area (Å²) in [5, 5.41) is 14.7. The minimum absolute atomic E-state index is 0.280. The molecule has 2 rings (SSSR count). The predicted molar refractivity (Wildman–Crippen MR) is 65.6 cm³/mol. The standard InChI is InChI=1S/C12H21N3O3/c1-3-9-11(14-15-13)7-5-6-8-12(11,16)18-10(4-2)17-9/h9-10,16H,3-8H2,1-2H3/t9-,10-,11+,12+/m1/s1. The van der Waals surface area contributed by atoms with Crippen molar-refractivity contribution in [2.45, 2.75) is 76.1 Å². The third-order valence-corrected chi connectivity index (χ3v) is 4.10. The molecule has 6 nitrogen and oxygen atoms in total. The molecule has 0 aromatic heterocycles. The first kappa shape index (κ1) is 13.6. The Morgan fingerprint density at radius 2 is 2.06 bits per heavy atom. The number of hydrogen-bond acceptors (Lipinski definition) is 4. The molecule has 1 aliphatic heterocycles.